The number of hydrogen-bond acceptors (Lipinski definition) is 8. The van der Waals surface area contributed by atoms with Gasteiger partial charge in [0.1, 0.15) is 5.75 Å². The zero-order valence-electron chi connectivity index (χ0n) is 26.1. The highest BCUT2D eigenvalue weighted by Crippen LogP contribution is 2.35. The summed E-state index contributed by atoms with van der Waals surface area (Å²) in [6.45, 7) is -0.448. The van der Waals surface area contributed by atoms with Crippen molar-refractivity contribution < 1.29 is 42.5 Å². The first-order valence-electron chi connectivity index (χ1n) is 15.2. The number of anilines is 2. The largest absolute Gasteiger partial charge is 0.573 e. The lowest BCUT2D eigenvalue weighted by Gasteiger charge is -2.24. The van der Waals surface area contributed by atoms with Crippen LogP contribution in [-0.2, 0) is 18.4 Å². The molecule has 5 rings (SSSR count). The minimum Gasteiger partial charge on any atom is -0.479 e. The van der Waals surface area contributed by atoms with Crippen molar-refractivity contribution in [3.63, 3.8) is 0 Å². The van der Waals surface area contributed by atoms with Crippen molar-refractivity contribution in [2.45, 2.75) is 44.7 Å². The molecule has 16 heteroatoms. The van der Waals surface area contributed by atoms with Gasteiger partial charge >= 0.3 is 18.4 Å². The fraction of sp³-hybridized carbons (Fsp3) is 0.273. The average Bonchev–Trinajstić information content (AvgIpc) is 3.52. The molecule has 0 radical (unpaired) electrons. The topological polar surface area (TPSA) is 172 Å². The van der Waals surface area contributed by atoms with Gasteiger partial charge in [-0.15, -0.1) is 23.4 Å². The smallest absolute Gasteiger partial charge is 0.479 e. The molecule has 256 valence electrons. The van der Waals surface area contributed by atoms with Gasteiger partial charge in [-0.25, -0.2) is 9.59 Å². The third-order valence-corrected chi connectivity index (χ3v) is 7.59. The molecule has 3 aromatic carbocycles. The second-order valence-electron chi connectivity index (χ2n) is 11.2. The van der Waals surface area contributed by atoms with Crippen LogP contribution in [0.1, 0.15) is 47.2 Å². The van der Waals surface area contributed by atoms with Gasteiger partial charge in [0.2, 0.25) is 5.82 Å². The van der Waals surface area contributed by atoms with Crippen LogP contribution < -0.4 is 20.3 Å². The predicted octanol–water partition coefficient (Wildman–Crippen LogP) is 5.15. The number of allylic oxidation sites excluding steroid dienone is 2. The summed E-state index contributed by atoms with van der Waals surface area (Å²) in [5, 5.41) is 34.8. The van der Waals surface area contributed by atoms with Gasteiger partial charge in [0.25, 0.3) is 5.91 Å². The van der Waals surface area contributed by atoms with Crippen LogP contribution in [0.5, 0.6) is 5.75 Å². The molecule has 1 aliphatic carbocycles. The lowest BCUT2D eigenvalue weighted by molar-refractivity contribution is -0.274. The summed E-state index contributed by atoms with van der Waals surface area (Å²) in [6, 6.07) is 16.6. The monoisotopic (exact) mass is 679 g/mol. The third-order valence-electron chi connectivity index (χ3n) is 7.59. The van der Waals surface area contributed by atoms with Crippen molar-refractivity contribution in [1.82, 2.24) is 25.5 Å². The van der Waals surface area contributed by atoms with Crippen LogP contribution in [0.3, 0.4) is 0 Å². The number of aryl methyl sites for hydroxylation is 1. The number of aliphatic carboxylic acids is 1. The van der Waals surface area contributed by atoms with Gasteiger partial charge in [0, 0.05) is 16.9 Å². The lowest BCUT2D eigenvalue weighted by atomic mass is 9.93. The Morgan fingerprint density at radius 3 is 2.39 bits per heavy atom. The summed E-state index contributed by atoms with van der Waals surface area (Å²) < 4.78 is 43.6. The highest BCUT2D eigenvalue weighted by Gasteiger charge is 2.33. The number of carboxylic acids is 1. The number of carboxylic acid groups (broad SMARTS) is 1. The molecule has 0 saturated heterocycles. The molecule has 1 aromatic heterocycles. The number of aromatic nitrogens is 4. The van der Waals surface area contributed by atoms with Gasteiger partial charge in [-0.05, 0) is 90.1 Å². The predicted molar refractivity (Wildman–Crippen MR) is 171 cm³/mol. The number of carbonyl (C=O) groups is 3. The van der Waals surface area contributed by atoms with E-state index in [2.05, 4.69) is 36.9 Å². The molecule has 1 heterocycles. The summed E-state index contributed by atoms with van der Waals surface area (Å²) >= 11 is 0. The normalized spacial score (nSPS) is 13.6. The molecule has 0 spiro atoms. The molecule has 0 bridgehead atoms. The minimum atomic E-state index is -4.99. The number of benzene rings is 3. The number of amides is 3. The molecule has 0 unspecified atom stereocenters. The van der Waals surface area contributed by atoms with E-state index >= 15 is 0 Å². The van der Waals surface area contributed by atoms with Crippen LogP contribution in [0.4, 0.5) is 29.3 Å². The number of nitrogens with zero attached hydrogens (tertiary/aromatic N) is 5. The van der Waals surface area contributed by atoms with E-state index in [0.717, 1.165) is 42.1 Å². The van der Waals surface area contributed by atoms with Crippen LogP contribution >= 0.6 is 0 Å². The van der Waals surface area contributed by atoms with Crippen molar-refractivity contribution in [3.8, 4) is 17.1 Å². The quantitative estimate of drug-likeness (QED) is 0.167. The summed E-state index contributed by atoms with van der Waals surface area (Å²) in [7, 11) is 1.45. The van der Waals surface area contributed by atoms with E-state index in [1.165, 1.54) is 41.8 Å². The van der Waals surface area contributed by atoms with Crippen LogP contribution in [0.15, 0.2) is 72.8 Å². The Labute approximate surface area is 278 Å². The van der Waals surface area contributed by atoms with Crippen LogP contribution in [0.2, 0.25) is 0 Å². The number of halogens is 3. The maximum atomic E-state index is 13.9. The minimum absolute atomic E-state index is 0.0291. The van der Waals surface area contributed by atoms with Crippen molar-refractivity contribution >= 4 is 34.9 Å². The first-order valence-corrected chi connectivity index (χ1v) is 15.2. The van der Waals surface area contributed by atoms with E-state index in [4.69, 9.17) is 5.11 Å². The fourth-order valence-corrected chi connectivity index (χ4v) is 5.14. The molecule has 4 aromatic rings. The Morgan fingerprint density at radius 1 is 1.04 bits per heavy atom. The number of alkyl halides is 3. The summed E-state index contributed by atoms with van der Waals surface area (Å²) in [6.07, 6.45) is -0.355. The Kier molecular flexibility index (Phi) is 10.6. The summed E-state index contributed by atoms with van der Waals surface area (Å²) in [4.78, 5) is 39.6. The van der Waals surface area contributed by atoms with Gasteiger partial charge < -0.3 is 25.6 Å². The Bertz CT molecular complexity index is 1840. The molecule has 0 saturated carbocycles. The fourth-order valence-electron chi connectivity index (χ4n) is 5.14. The van der Waals surface area contributed by atoms with Crippen LogP contribution in [0, 0.1) is 0 Å². The number of rotatable bonds is 11. The molecule has 1 atom stereocenters. The number of carbonyl (C=O) groups excluding carboxylic acids is 2. The zero-order chi connectivity index (χ0) is 35.1. The second kappa shape index (κ2) is 15.0. The molecule has 49 heavy (non-hydrogen) atoms. The zero-order valence-corrected chi connectivity index (χ0v) is 26.1. The maximum Gasteiger partial charge on any atom is 0.573 e. The molecule has 0 aliphatic heterocycles. The Morgan fingerprint density at radius 2 is 1.78 bits per heavy atom. The highest BCUT2D eigenvalue weighted by molar-refractivity contribution is 6.02. The van der Waals surface area contributed by atoms with Crippen molar-refractivity contribution in [2.75, 3.05) is 16.8 Å². The van der Waals surface area contributed by atoms with Crippen molar-refractivity contribution in [3.05, 3.63) is 89.5 Å². The van der Waals surface area contributed by atoms with E-state index in [-0.39, 0.29) is 29.2 Å². The number of hydrogen-bond donors (Lipinski definition) is 4. The van der Waals surface area contributed by atoms with Gasteiger partial charge in [-0.3, -0.25) is 9.69 Å². The van der Waals surface area contributed by atoms with Gasteiger partial charge in [0.15, 0.2) is 6.10 Å². The first kappa shape index (κ1) is 34.6. The summed E-state index contributed by atoms with van der Waals surface area (Å²) in [5.41, 5.74) is 3.59. The Hall–Kier alpha value is -5.77. The van der Waals surface area contributed by atoms with Crippen molar-refractivity contribution in [2.24, 2.45) is 7.05 Å². The number of nitrogens with one attached hydrogen (secondary N) is 2. The number of aliphatic hydroxyl groups is 1. The first-order chi connectivity index (χ1) is 23.4. The molecule has 1 aliphatic rings. The Balaban J connectivity index is 1.41. The van der Waals surface area contributed by atoms with E-state index in [0.29, 0.717) is 11.3 Å². The molecular formula is C33H32F3N7O6. The lowest BCUT2D eigenvalue weighted by Crippen LogP contribution is -2.36. The van der Waals surface area contributed by atoms with Gasteiger partial charge in [-0.2, -0.15) is 4.80 Å². The number of ether oxygens (including phenoxy) is 1. The van der Waals surface area contributed by atoms with E-state index in [9.17, 15) is 32.7 Å². The third kappa shape index (κ3) is 9.19. The molecule has 13 nitrogen and oxygen atoms in total. The number of urea groups is 1. The van der Waals surface area contributed by atoms with E-state index in [1.807, 2.05) is 12.1 Å². The maximum absolute atomic E-state index is 13.9. The molecule has 0 fully saturated rings. The summed E-state index contributed by atoms with van der Waals surface area (Å²) in [5.74, 6) is -2.79. The van der Waals surface area contributed by atoms with E-state index in [1.54, 1.807) is 24.3 Å². The second-order valence-corrected chi connectivity index (χ2v) is 11.2. The van der Waals surface area contributed by atoms with Crippen LogP contribution in [0.25, 0.3) is 17.0 Å². The SMILES string of the molecule is Cn1nnc(-c2cc(NC(=O)N(Cc3ccc(C(=O)NC[C@@H](O)C(=O)O)cc3)c3ccc(C4=CCCCC4)cc3)ccc2OC(F)(F)F)n1. The number of aliphatic hydroxyl groups excluding tert-OH is 1. The van der Waals surface area contributed by atoms with E-state index < -0.39 is 42.7 Å². The van der Waals surface area contributed by atoms with Crippen molar-refractivity contribution in [1.29, 1.82) is 0 Å². The highest BCUT2D eigenvalue weighted by atomic mass is 19.4. The van der Waals surface area contributed by atoms with Crippen LogP contribution in [-0.4, -0.2) is 67.3 Å². The molecule has 3 amide bonds. The molecule has 4 N–H and O–H groups in total. The van der Waals surface area contributed by atoms with Gasteiger partial charge in [0.05, 0.1) is 25.7 Å². The molecular weight excluding hydrogens is 647 g/mol. The number of tetrazole rings is 1. The van der Waals surface area contributed by atoms with Gasteiger partial charge in [-0.1, -0.05) is 30.3 Å². The standard InChI is InChI=1S/C33H32F3N7O6/c1-42-40-29(39-41-42)26-17-24(13-16-28(26)49-33(34,35)36)38-32(48)43(25-14-11-22(12-15-25)21-5-3-2-4-6-21)19-20-7-9-23(10-8-20)30(45)37-18-27(44)31(46)47/h5,7-17,27,44H,2-4,6,18-19H2,1H3,(H,37,45)(H,38,48)(H,46,47)/t27-/m1/s1. The average molecular weight is 680 g/mol.